The first kappa shape index (κ1) is 18.3. The van der Waals surface area contributed by atoms with Crippen LogP contribution >= 0.6 is 0 Å². The van der Waals surface area contributed by atoms with E-state index in [1.54, 1.807) is 31.2 Å². The molecule has 0 aromatic heterocycles. The highest BCUT2D eigenvalue weighted by Crippen LogP contribution is 2.32. The van der Waals surface area contributed by atoms with Crippen molar-refractivity contribution in [2.75, 3.05) is 4.72 Å². The van der Waals surface area contributed by atoms with Crippen LogP contribution in [0, 0.1) is 6.92 Å². The molecular weight excluding hydrogens is 322 g/mol. The number of aromatic hydroxyl groups is 1. The fourth-order valence-corrected chi connectivity index (χ4v) is 3.64. The summed E-state index contributed by atoms with van der Waals surface area (Å²) in [7, 11) is -3.67. The van der Waals surface area contributed by atoms with Crippen LogP contribution in [0.15, 0.2) is 41.3 Å². The van der Waals surface area contributed by atoms with E-state index >= 15 is 0 Å². The van der Waals surface area contributed by atoms with E-state index in [4.69, 9.17) is 0 Å². The first-order chi connectivity index (χ1) is 11.1. The highest BCUT2D eigenvalue weighted by atomic mass is 32.2. The topological polar surface area (TPSA) is 66.4 Å². The Bertz CT molecular complexity index is 822. The minimum Gasteiger partial charge on any atom is -0.508 e. The number of aryl methyl sites for hydroxylation is 1. The quantitative estimate of drug-likeness (QED) is 0.767. The molecule has 0 radical (unpaired) electrons. The average molecular weight is 347 g/mol. The monoisotopic (exact) mass is 347 g/mol. The van der Waals surface area contributed by atoms with E-state index in [0.29, 0.717) is 22.7 Å². The highest BCUT2D eigenvalue weighted by Gasteiger charge is 2.17. The number of hydrogen-bond donors (Lipinski definition) is 2. The molecule has 0 saturated heterocycles. The Morgan fingerprint density at radius 3 is 2.04 bits per heavy atom. The van der Waals surface area contributed by atoms with Gasteiger partial charge in [-0.3, -0.25) is 4.72 Å². The molecule has 4 nitrogen and oxygen atoms in total. The van der Waals surface area contributed by atoms with Gasteiger partial charge in [0.05, 0.1) is 10.6 Å². The summed E-state index contributed by atoms with van der Waals surface area (Å²) < 4.78 is 27.9. The molecule has 2 aromatic rings. The van der Waals surface area contributed by atoms with E-state index in [1.165, 1.54) is 0 Å². The molecule has 0 aliphatic heterocycles. The molecule has 0 amide bonds. The minimum atomic E-state index is -3.67. The van der Waals surface area contributed by atoms with Gasteiger partial charge in [0.25, 0.3) is 10.0 Å². The molecule has 0 spiro atoms. The summed E-state index contributed by atoms with van der Waals surface area (Å²) >= 11 is 0. The zero-order chi connectivity index (χ0) is 18.1. The number of phenols is 1. The standard InChI is InChI=1S/C19H25NO3S/c1-12(2)15-6-8-16(9-7-15)24(22,23)20-18-11-17(13(3)4)19(21)10-14(18)5/h6-13,20-21H,1-5H3. The summed E-state index contributed by atoms with van der Waals surface area (Å²) in [5.74, 6) is 0.633. The second kappa shape index (κ2) is 6.85. The smallest absolute Gasteiger partial charge is 0.261 e. The van der Waals surface area contributed by atoms with Crippen molar-refractivity contribution in [2.45, 2.75) is 51.3 Å². The molecule has 0 aliphatic carbocycles. The fraction of sp³-hybridized carbons (Fsp3) is 0.368. The second-order valence-electron chi connectivity index (χ2n) is 6.71. The molecule has 0 fully saturated rings. The van der Waals surface area contributed by atoms with Gasteiger partial charge in [0.1, 0.15) is 5.75 Å². The lowest BCUT2D eigenvalue weighted by Gasteiger charge is -2.16. The van der Waals surface area contributed by atoms with Crippen molar-refractivity contribution in [1.82, 2.24) is 0 Å². The SMILES string of the molecule is Cc1cc(O)c(C(C)C)cc1NS(=O)(=O)c1ccc(C(C)C)cc1. The molecule has 0 atom stereocenters. The van der Waals surface area contributed by atoms with Gasteiger partial charge in [0, 0.05) is 0 Å². The maximum absolute atomic E-state index is 12.6. The van der Waals surface area contributed by atoms with Crippen molar-refractivity contribution in [3.8, 4) is 5.75 Å². The number of phenolic OH excluding ortho intramolecular Hbond substituents is 1. The number of sulfonamides is 1. The van der Waals surface area contributed by atoms with Crippen molar-refractivity contribution in [3.05, 3.63) is 53.1 Å². The van der Waals surface area contributed by atoms with E-state index < -0.39 is 10.0 Å². The molecule has 2 aromatic carbocycles. The van der Waals surface area contributed by atoms with Crippen LogP contribution in [0.1, 0.15) is 56.2 Å². The molecule has 0 aliphatic rings. The van der Waals surface area contributed by atoms with Crippen LogP contribution in [0.5, 0.6) is 5.75 Å². The maximum atomic E-state index is 12.6. The third kappa shape index (κ3) is 3.90. The molecule has 0 heterocycles. The van der Waals surface area contributed by atoms with Crippen molar-refractivity contribution >= 4 is 15.7 Å². The molecule has 130 valence electrons. The molecule has 0 bridgehead atoms. The third-order valence-electron chi connectivity index (χ3n) is 4.10. The van der Waals surface area contributed by atoms with Crippen LogP contribution in [0.4, 0.5) is 5.69 Å². The number of benzene rings is 2. The van der Waals surface area contributed by atoms with Crippen molar-refractivity contribution in [2.24, 2.45) is 0 Å². The van der Waals surface area contributed by atoms with Gasteiger partial charge < -0.3 is 5.11 Å². The van der Waals surface area contributed by atoms with Crippen LogP contribution < -0.4 is 4.72 Å². The average Bonchev–Trinajstić information content (AvgIpc) is 2.49. The number of nitrogens with one attached hydrogen (secondary N) is 1. The summed E-state index contributed by atoms with van der Waals surface area (Å²) in [4.78, 5) is 0.227. The molecule has 5 heteroatoms. The minimum absolute atomic E-state index is 0.0965. The normalized spacial score (nSPS) is 12.0. The van der Waals surface area contributed by atoms with Gasteiger partial charge in [0.2, 0.25) is 0 Å². The Hall–Kier alpha value is -2.01. The van der Waals surface area contributed by atoms with Gasteiger partial charge in [-0.15, -0.1) is 0 Å². The zero-order valence-corrected chi connectivity index (χ0v) is 15.6. The molecule has 2 rings (SSSR count). The number of anilines is 1. The predicted octanol–water partition coefficient (Wildman–Crippen LogP) is 4.75. The Morgan fingerprint density at radius 1 is 0.958 bits per heavy atom. The maximum Gasteiger partial charge on any atom is 0.261 e. The van der Waals surface area contributed by atoms with Crippen LogP contribution in [0.3, 0.4) is 0 Å². The van der Waals surface area contributed by atoms with Crippen molar-refractivity contribution in [1.29, 1.82) is 0 Å². The Labute approximate surface area is 144 Å². The Balaban J connectivity index is 2.37. The lowest BCUT2D eigenvalue weighted by Crippen LogP contribution is -2.14. The van der Waals surface area contributed by atoms with Crippen molar-refractivity contribution < 1.29 is 13.5 Å². The molecule has 0 saturated carbocycles. The summed E-state index contributed by atoms with van der Waals surface area (Å²) in [6.07, 6.45) is 0. The van der Waals surface area contributed by atoms with Crippen LogP contribution in [-0.2, 0) is 10.0 Å². The van der Waals surface area contributed by atoms with E-state index in [2.05, 4.69) is 18.6 Å². The second-order valence-corrected chi connectivity index (χ2v) is 8.39. The summed E-state index contributed by atoms with van der Waals surface area (Å²) in [6, 6.07) is 10.2. The molecular formula is C19H25NO3S. The third-order valence-corrected chi connectivity index (χ3v) is 5.48. The van der Waals surface area contributed by atoms with Gasteiger partial charge in [0.15, 0.2) is 0 Å². The lowest BCUT2D eigenvalue weighted by atomic mass is 9.99. The summed E-state index contributed by atoms with van der Waals surface area (Å²) in [6.45, 7) is 9.80. The Kier molecular flexibility index (Phi) is 5.23. The molecule has 24 heavy (non-hydrogen) atoms. The first-order valence-corrected chi connectivity index (χ1v) is 9.56. The summed E-state index contributed by atoms with van der Waals surface area (Å²) in [5, 5.41) is 10.0. The Morgan fingerprint density at radius 2 is 1.54 bits per heavy atom. The zero-order valence-electron chi connectivity index (χ0n) is 14.8. The van der Waals surface area contributed by atoms with Crippen LogP contribution in [0.2, 0.25) is 0 Å². The number of rotatable bonds is 5. The number of hydrogen-bond acceptors (Lipinski definition) is 3. The fourth-order valence-electron chi connectivity index (χ4n) is 2.52. The van der Waals surface area contributed by atoms with Gasteiger partial charge in [-0.25, -0.2) is 8.42 Å². The van der Waals surface area contributed by atoms with Gasteiger partial charge in [-0.1, -0.05) is 39.8 Å². The van der Waals surface area contributed by atoms with Gasteiger partial charge in [-0.05, 0) is 59.7 Å². The first-order valence-electron chi connectivity index (χ1n) is 8.08. The molecule has 2 N–H and O–H groups in total. The lowest BCUT2D eigenvalue weighted by molar-refractivity contribution is 0.464. The van der Waals surface area contributed by atoms with Crippen molar-refractivity contribution in [3.63, 3.8) is 0 Å². The van der Waals surface area contributed by atoms with E-state index in [-0.39, 0.29) is 16.6 Å². The summed E-state index contributed by atoms with van der Waals surface area (Å²) in [5.41, 5.74) is 2.98. The largest absolute Gasteiger partial charge is 0.508 e. The van der Waals surface area contributed by atoms with Gasteiger partial charge in [-0.2, -0.15) is 0 Å². The van der Waals surface area contributed by atoms with E-state index in [9.17, 15) is 13.5 Å². The van der Waals surface area contributed by atoms with Gasteiger partial charge >= 0.3 is 0 Å². The predicted molar refractivity (Wildman–Crippen MR) is 98.3 cm³/mol. The molecule has 0 unspecified atom stereocenters. The van der Waals surface area contributed by atoms with E-state index in [0.717, 1.165) is 5.56 Å². The van der Waals surface area contributed by atoms with Crippen LogP contribution in [-0.4, -0.2) is 13.5 Å². The van der Waals surface area contributed by atoms with Crippen LogP contribution in [0.25, 0.3) is 0 Å². The highest BCUT2D eigenvalue weighted by molar-refractivity contribution is 7.92. The van der Waals surface area contributed by atoms with E-state index in [1.807, 2.05) is 26.0 Å².